The third kappa shape index (κ3) is 2.43. The van der Waals surface area contributed by atoms with Gasteiger partial charge < -0.3 is 23.7 Å². The summed E-state index contributed by atoms with van der Waals surface area (Å²) in [6, 6.07) is 2.88. The summed E-state index contributed by atoms with van der Waals surface area (Å²) in [5.41, 5.74) is -0.337. The molecular weight excluding hydrogens is 280 g/mol. The molecule has 0 bridgehead atoms. The van der Waals surface area contributed by atoms with Crippen molar-refractivity contribution in [1.82, 2.24) is 0 Å². The minimum absolute atomic E-state index is 0.124. The van der Waals surface area contributed by atoms with Gasteiger partial charge in [0.05, 0.1) is 27.9 Å². The van der Waals surface area contributed by atoms with Crippen LogP contribution in [0.15, 0.2) is 21.3 Å². The van der Waals surface area contributed by atoms with Gasteiger partial charge in [0, 0.05) is 5.56 Å². The number of hydrogen-bond acceptors (Lipinski definition) is 7. The van der Waals surface area contributed by atoms with Gasteiger partial charge in [-0.2, -0.15) is 0 Å². The fraction of sp³-hybridized carbons (Fsp3) is 0.286. The van der Waals surface area contributed by atoms with Crippen LogP contribution in [0.5, 0.6) is 11.5 Å². The molecule has 0 atom stereocenters. The van der Waals surface area contributed by atoms with E-state index in [1.807, 2.05) is 0 Å². The molecule has 21 heavy (non-hydrogen) atoms. The number of carbonyl (C=O) groups excluding carboxylic acids is 1. The van der Waals surface area contributed by atoms with Crippen molar-refractivity contribution in [2.75, 3.05) is 21.3 Å². The maximum Gasteiger partial charge on any atom is 0.374 e. The Bertz CT molecular complexity index is 745. The van der Waals surface area contributed by atoms with Crippen LogP contribution in [-0.4, -0.2) is 32.4 Å². The fourth-order valence-corrected chi connectivity index (χ4v) is 2.10. The molecule has 0 aliphatic heterocycles. The first-order valence-electron chi connectivity index (χ1n) is 5.98. The summed E-state index contributed by atoms with van der Waals surface area (Å²) in [5.74, 6) is -0.615. The summed E-state index contributed by atoms with van der Waals surface area (Å²) < 4.78 is 19.8. The summed E-state index contributed by atoms with van der Waals surface area (Å²) >= 11 is 0. The van der Waals surface area contributed by atoms with Crippen LogP contribution in [0.4, 0.5) is 0 Å². The number of carbonyl (C=O) groups is 1. The molecule has 0 aliphatic carbocycles. The monoisotopic (exact) mass is 294 g/mol. The van der Waals surface area contributed by atoms with E-state index in [1.165, 1.54) is 33.5 Å². The Morgan fingerprint density at radius 2 is 1.86 bits per heavy atom. The molecule has 2 aromatic rings. The van der Waals surface area contributed by atoms with Crippen LogP contribution in [0.25, 0.3) is 10.8 Å². The van der Waals surface area contributed by atoms with Crippen molar-refractivity contribution in [2.24, 2.45) is 0 Å². The van der Waals surface area contributed by atoms with Gasteiger partial charge >= 0.3 is 11.6 Å². The molecule has 1 heterocycles. The van der Waals surface area contributed by atoms with Crippen molar-refractivity contribution in [3.8, 4) is 11.5 Å². The summed E-state index contributed by atoms with van der Waals surface area (Å²) in [6.45, 7) is -0.316. The second-order valence-electron chi connectivity index (χ2n) is 4.11. The van der Waals surface area contributed by atoms with Crippen LogP contribution in [0.3, 0.4) is 0 Å². The second-order valence-corrected chi connectivity index (χ2v) is 4.11. The molecule has 7 nitrogen and oxygen atoms in total. The number of hydrogen-bond donors (Lipinski definition) is 1. The molecule has 0 unspecified atom stereocenters. The SMILES string of the molecule is COC(=O)c1cc2cc(CO)c(OC)c(OC)c2c(=O)o1. The molecule has 1 aromatic carbocycles. The van der Waals surface area contributed by atoms with Gasteiger partial charge in [0.25, 0.3) is 0 Å². The highest BCUT2D eigenvalue weighted by molar-refractivity contribution is 5.95. The first-order chi connectivity index (χ1) is 10.1. The Hall–Kier alpha value is -2.54. The van der Waals surface area contributed by atoms with E-state index in [0.717, 1.165) is 0 Å². The molecule has 1 aromatic heterocycles. The van der Waals surface area contributed by atoms with Crippen molar-refractivity contribution in [3.05, 3.63) is 33.9 Å². The summed E-state index contributed by atoms with van der Waals surface area (Å²) in [4.78, 5) is 23.6. The first-order valence-corrected chi connectivity index (χ1v) is 5.98. The highest BCUT2D eigenvalue weighted by atomic mass is 16.5. The minimum Gasteiger partial charge on any atom is -0.492 e. The Morgan fingerprint density at radius 3 is 2.38 bits per heavy atom. The zero-order chi connectivity index (χ0) is 15.6. The molecule has 0 aliphatic rings. The number of rotatable bonds is 4. The summed E-state index contributed by atoms with van der Waals surface area (Å²) in [5, 5.41) is 9.90. The minimum atomic E-state index is -0.769. The van der Waals surface area contributed by atoms with E-state index in [-0.39, 0.29) is 29.3 Å². The Labute approximate surface area is 119 Å². The number of benzene rings is 1. The van der Waals surface area contributed by atoms with Gasteiger partial charge in [-0.3, -0.25) is 0 Å². The molecule has 2 rings (SSSR count). The molecule has 0 amide bonds. The average Bonchev–Trinajstić information content (AvgIpc) is 2.51. The van der Waals surface area contributed by atoms with Crippen molar-refractivity contribution < 1.29 is 28.5 Å². The molecule has 112 valence electrons. The van der Waals surface area contributed by atoms with Gasteiger partial charge in [-0.05, 0) is 17.5 Å². The van der Waals surface area contributed by atoms with E-state index in [0.29, 0.717) is 10.9 Å². The smallest absolute Gasteiger partial charge is 0.374 e. The van der Waals surface area contributed by atoms with Gasteiger partial charge in [0.1, 0.15) is 5.39 Å². The van der Waals surface area contributed by atoms with E-state index < -0.39 is 11.6 Å². The molecule has 0 radical (unpaired) electrons. The highest BCUT2D eigenvalue weighted by Gasteiger charge is 2.20. The van der Waals surface area contributed by atoms with Gasteiger partial charge in [-0.25, -0.2) is 9.59 Å². The maximum absolute atomic E-state index is 12.1. The quantitative estimate of drug-likeness (QED) is 0.843. The fourth-order valence-electron chi connectivity index (χ4n) is 2.10. The van der Waals surface area contributed by atoms with E-state index in [2.05, 4.69) is 4.74 Å². The molecule has 0 spiro atoms. The lowest BCUT2D eigenvalue weighted by Crippen LogP contribution is -2.10. The number of aliphatic hydroxyl groups is 1. The highest BCUT2D eigenvalue weighted by Crippen LogP contribution is 2.37. The van der Waals surface area contributed by atoms with Gasteiger partial charge in [-0.1, -0.05) is 0 Å². The third-order valence-corrected chi connectivity index (χ3v) is 3.00. The average molecular weight is 294 g/mol. The van der Waals surface area contributed by atoms with Crippen LogP contribution in [0.2, 0.25) is 0 Å². The van der Waals surface area contributed by atoms with Crippen LogP contribution in [0.1, 0.15) is 16.1 Å². The lowest BCUT2D eigenvalue weighted by atomic mass is 10.1. The molecule has 0 saturated carbocycles. The van der Waals surface area contributed by atoms with Crippen molar-refractivity contribution in [3.63, 3.8) is 0 Å². The number of ether oxygens (including phenoxy) is 3. The van der Waals surface area contributed by atoms with Gasteiger partial charge in [-0.15, -0.1) is 0 Å². The summed E-state index contributed by atoms with van der Waals surface area (Å²) in [6.07, 6.45) is 0. The Morgan fingerprint density at radius 1 is 1.19 bits per heavy atom. The van der Waals surface area contributed by atoms with Crippen LogP contribution >= 0.6 is 0 Å². The largest absolute Gasteiger partial charge is 0.492 e. The van der Waals surface area contributed by atoms with Crippen molar-refractivity contribution in [1.29, 1.82) is 0 Å². The normalized spacial score (nSPS) is 10.5. The zero-order valence-corrected chi connectivity index (χ0v) is 11.8. The zero-order valence-electron chi connectivity index (χ0n) is 11.8. The van der Waals surface area contributed by atoms with Crippen molar-refractivity contribution in [2.45, 2.75) is 6.61 Å². The number of esters is 1. The second kappa shape index (κ2) is 5.84. The molecule has 1 N–H and O–H groups in total. The third-order valence-electron chi connectivity index (χ3n) is 3.00. The Balaban J connectivity index is 2.88. The van der Waals surface area contributed by atoms with E-state index in [4.69, 9.17) is 13.9 Å². The lowest BCUT2D eigenvalue weighted by Gasteiger charge is -2.14. The van der Waals surface area contributed by atoms with Crippen molar-refractivity contribution >= 4 is 16.7 Å². The van der Waals surface area contributed by atoms with E-state index in [1.54, 1.807) is 0 Å². The topological polar surface area (TPSA) is 95.2 Å². The first kappa shape index (κ1) is 14.9. The maximum atomic E-state index is 12.1. The van der Waals surface area contributed by atoms with Crippen LogP contribution in [0, 0.1) is 0 Å². The standard InChI is InChI=1S/C14H14O7/c1-18-11-8(6-15)4-7-5-9(13(16)20-3)21-14(17)10(7)12(11)19-2/h4-5,15H,6H2,1-3H3. The predicted octanol–water partition coefficient (Wildman–Crippen LogP) is 1.09. The van der Waals surface area contributed by atoms with E-state index >= 15 is 0 Å². The molecule has 7 heteroatoms. The predicted molar refractivity (Wildman–Crippen MR) is 72.9 cm³/mol. The number of methoxy groups -OCH3 is 3. The van der Waals surface area contributed by atoms with Crippen LogP contribution in [-0.2, 0) is 11.3 Å². The van der Waals surface area contributed by atoms with E-state index in [9.17, 15) is 14.7 Å². The molecule has 0 saturated heterocycles. The molecule has 0 fully saturated rings. The molecular formula is C14H14O7. The van der Waals surface area contributed by atoms with Gasteiger partial charge in [0.2, 0.25) is 5.76 Å². The lowest BCUT2D eigenvalue weighted by molar-refractivity contribution is 0.0560. The van der Waals surface area contributed by atoms with Gasteiger partial charge in [0.15, 0.2) is 11.5 Å². The number of aliphatic hydroxyl groups excluding tert-OH is 1. The number of fused-ring (bicyclic) bond motifs is 1. The van der Waals surface area contributed by atoms with Crippen LogP contribution < -0.4 is 15.1 Å². The Kier molecular flexibility index (Phi) is 4.13. The summed E-state index contributed by atoms with van der Waals surface area (Å²) in [7, 11) is 3.94.